The minimum Gasteiger partial charge on any atom is -0.489 e. The monoisotopic (exact) mass is 921 g/mol. The molecule has 1 saturated carbocycles. The van der Waals surface area contributed by atoms with Crippen LogP contribution in [-0.4, -0.2) is 76.9 Å². The summed E-state index contributed by atoms with van der Waals surface area (Å²) < 4.78 is 53.0. The van der Waals surface area contributed by atoms with Gasteiger partial charge in [0.1, 0.15) is 42.3 Å². The van der Waals surface area contributed by atoms with E-state index in [9.17, 15) is 24.7 Å². The highest BCUT2D eigenvalue weighted by Crippen LogP contribution is 2.62. The Bertz CT molecular complexity index is 2460. The SMILES string of the molecule is C=CCOC12Oc3ccc(OCc4ccccc4F)cc3C3C(CCCCO)C(CCCCO)C=C(C(=NOCC)CC1N(Cc1ccc4c(c1)OCO4)C(=O)Oc1ccc([N+](=O)[O-])cc1)C32. The van der Waals surface area contributed by atoms with Gasteiger partial charge in [-0.3, -0.25) is 15.0 Å². The number of non-ortho nitro benzene ring substituents is 1. The molecule has 15 nitrogen and oxygen atoms in total. The third-order valence-corrected chi connectivity index (χ3v) is 13.0. The molecule has 4 aromatic rings. The topological polar surface area (TPSA) is 181 Å². The van der Waals surface area contributed by atoms with Crippen molar-refractivity contribution in [3.63, 3.8) is 0 Å². The highest BCUT2D eigenvalue weighted by Gasteiger charge is 2.66. The number of nitro benzene ring substituents is 1. The maximum atomic E-state index is 15.1. The van der Waals surface area contributed by atoms with Crippen molar-refractivity contribution in [2.75, 3.05) is 33.2 Å². The quantitative estimate of drug-likeness (QED) is 0.0350. The summed E-state index contributed by atoms with van der Waals surface area (Å²) >= 11 is 0. The number of halogens is 1. The van der Waals surface area contributed by atoms with Crippen LogP contribution < -0.4 is 23.7 Å². The van der Waals surface area contributed by atoms with E-state index in [4.69, 9.17) is 38.4 Å². The van der Waals surface area contributed by atoms with Crippen molar-refractivity contribution in [3.8, 4) is 28.7 Å². The lowest BCUT2D eigenvalue weighted by Gasteiger charge is -2.59. The molecule has 1 fully saturated rings. The first-order valence-corrected chi connectivity index (χ1v) is 22.9. The Labute approximate surface area is 388 Å². The average Bonchev–Trinajstić information content (AvgIpc) is 3.81. The molecule has 354 valence electrons. The van der Waals surface area contributed by atoms with Crippen molar-refractivity contribution in [2.24, 2.45) is 22.9 Å². The summed E-state index contributed by atoms with van der Waals surface area (Å²) in [6.07, 6.45) is 7.29. The Balaban J connectivity index is 1.31. The van der Waals surface area contributed by atoms with E-state index in [2.05, 4.69) is 12.7 Å². The number of nitrogens with zero attached hydrogens (tertiary/aromatic N) is 3. The lowest BCUT2D eigenvalue weighted by molar-refractivity contribution is -0.384. The number of benzene rings is 4. The van der Waals surface area contributed by atoms with Crippen LogP contribution in [0.25, 0.3) is 0 Å². The first-order valence-electron chi connectivity index (χ1n) is 22.9. The Hall–Kier alpha value is -6.49. The van der Waals surface area contributed by atoms with Crippen molar-refractivity contribution in [2.45, 2.75) is 82.8 Å². The number of oxime groups is 1. The highest BCUT2D eigenvalue weighted by molar-refractivity contribution is 6.03. The minimum atomic E-state index is -1.63. The average molecular weight is 922 g/mol. The summed E-state index contributed by atoms with van der Waals surface area (Å²) in [7, 11) is 0. The van der Waals surface area contributed by atoms with Crippen LogP contribution >= 0.6 is 0 Å². The zero-order chi connectivity index (χ0) is 46.9. The molecular formula is C51H56FN3O12. The molecule has 2 aliphatic carbocycles. The van der Waals surface area contributed by atoms with Crippen molar-refractivity contribution >= 4 is 17.5 Å². The number of amides is 1. The van der Waals surface area contributed by atoms with E-state index in [1.54, 1.807) is 47.4 Å². The van der Waals surface area contributed by atoms with Crippen LogP contribution in [0.5, 0.6) is 28.7 Å². The molecule has 6 unspecified atom stereocenters. The second-order valence-electron chi connectivity index (χ2n) is 17.0. The lowest BCUT2D eigenvalue weighted by atomic mass is 9.55. The van der Waals surface area contributed by atoms with Crippen molar-refractivity contribution < 1.29 is 57.6 Å². The molecular weight excluding hydrogens is 866 g/mol. The number of carbonyl (C=O) groups is 1. The number of carbonyl (C=O) groups excluding carboxylic acids is 1. The third kappa shape index (κ3) is 10.1. The Kier molecular flexibility index (Phi) is 15.0. The van der Waals surface area contributed by atoms with E-state index < -0.39 is 28.8 Å². The first kappa shape index (κ1) is 47.0. The van der Waals surface area contributed by atoms with Crippen molar-refractivity contribution in [1.29, 1.82) is 0 Å². The summed E-state index contributed by atoms with van der Waals surface area (Å²) in [5.74, 6) is -0.969. The molecule has 6 atom stereocenters. The standard InChI is InChI=1S/C51H56FN3O12/c1-3-25-64-51-47(54(30-33-15-21-45-46(26-33)63-32-62-45)50(58)66-37-18-16-36(17-19-37)55(59)60)29-43(53-65-4-2)40-27-34(11-7-9-23-56)39(13-8-10-24-57)48(49(40)51)41-28-38(20-22-44(41)67-51)61-31-35-12-5-6-14-42(35)52/h3,5-6,12,14-22,26-28,34,39,47-49,56-57H,1,4,7-11,13,23-25,29-32H2,2H3. The molecule has 8 rings (SSSR count). The zero-order valence-corrected chi connectivity index (χ0v) is 37.4. The van der Waals surface area contributed by atoms with Crippen LogP contribution in [0.4, 0.5) is 14.9 Å². The summed E-state index contributed by atoms with van der Waals surface area (Å²) in [6.45, 7) is 6.21. The minimum absolute atomic E-state index is 0.0133. The normalized spacial score (nSPS) is 22.7. The van der Waals surface area contributed by atoms with Gasteiger partial charge < -0.3 is 43.5 Å². The van der Waals surface area contributed by atoms with Gasteiger partial charge in [0.15, 0.2) is 11.5 Å². The molecule has 67 heavy (non-hydrogen) atoms. The van der Waals surface area contributed by atoms with Crippen molar-refractivity contribution in [3.05, 3.63) is 142 Å². The van der Waals surface area contributed by atoms with E-state index in [1.165, 1.54) is 30.3 Å². The summed E-state index contributed by atoms with van der Waals surface area (Å²) in [4.78, 5) is 33.5. The molecule has 2 heterocycles. The fourth-order valence-electron chi connectivity index (χ4n) is 9.99. The maximum Gasteiger partial charge on any atom is 0.416 e. The molecule has 0 aromatic heterocycles. The molecule has 2 N–H and O–H groups in total. The van der Waals surface area contributed by atoms with Crippen LogP contribution in [0, 0.1) is 33.7 Å². The van der Waals surface area contributed by atoms with E-state index in [0.717, 1.165) is 24.0 Å². The number of aliphatic hydroxyl groups excluding tert-OH is 2. The second kappa shape index (κ2) is 21.4. The van der Waals surface area contributed by atoms with Gasteiger partial charge in [0.2, 0.25) is 12.6 Å². The van der Waals surface area contributed by atoms with Gasteiger partial charge in [-0.2, -0.15) is 0 Å². The molecule has 1 amide bonds. The van der Waals surface area contributed by atoms with Gasteiger partial charge in [-0.1, -0.05) is 54.4 Å². The molecule has 0 saturated heterocycles. The van der Waals surface area contributed by atoms with Gasteiger partial charge in [0.25, 0.3) is 5.69 Å². The molecule has 2 aliphatic heterocycles. The van der Waals surface area contributed by atoms with Gasteiger partial charge in [0.05, 0.1) is 23.2 Å². The summed E-state index contributed by atoms with van der Waals surface area (Å²) in [6, 6.07) is 21.7. The number of hydrogen-bond acceptors (Lipinski definition) is 13. The number of rotatable bonds is 21. The van der Waals surface area contributed by atoms with Crippen LogP contribution in [0.15, 0.2) is 114 Å². The fraction of sp³-hybridized carbons (Fsp3) is 0.412. The van der Waals surface area contributed by atoms with Crippen LogP contribution in [-0.2, 0) is 22.7 Å². The first-order chi connectivity index (χ1) is 32.7. The van der Waals surface area contributed by atoms with E-state index in [-0.39, 0.29) is 87.8 Å². The highest BCUT2D eigenvalue weighted by atomic mass is 19.1. The molecule has 16 heteroatoms. The van der Waals surface area contributed by atoms with Gasteiger partial charge >= 0.3 is 6.09 Å². The Morgan fingerprint density at radius 1 is 0.970 bits per heavy atom. The lowest BCUT2D eigenvalue weighted by Crippen LogP contribution is -2.70. The van der Waals surface area contributed by atoms with Crippen LogP contribution in [0.1, 0.15) is 74.5 Å². The molecule has 0 spiro atoms. The van der Waals surface area contributed by atoms with Crippen molar-refractivity contribution in [1.82, 2.24) is 4.90 Å². The van der Waals surface area contributed by atoms with E-state index >= 15 is 4.79 Å². The van der Waals surface area contributed by atoms with Gasteiger partial charge in [0, 0.05) is 55.4 Å². The van der Waals surface area contributed by atoms with Gasteiger partial charge in [-0.05, 0) is 104 Å². The number of allylic oxidation sites excluding steroid dienone is 1. The molecule has 0 bridgehead atoms. The summed E-state index contributed by atoms with van der Waals surface area (Å²) in [5.41, 5.74) is 3.15. The fourth-order valence-corrected chi connectivity index (χ4v) is 9.99. The van der Waals surface area contributed by atoms with Crippen LogP contribution in [0.2, 0.25) is 0 Å². The third-order valence-electron chi connectivity index (χ3n) is 13.0. The second-order valence-corrected chi connectivity index (χ2v) is 17.0. The van der Waals surface area contributed by atoms with Gasteiger partial charge in [-0.25, -0.2) is 9.18 Å². The van der Waals surface area contributed by atoms with Gasteiger partial charge in [-0.15, -0.1) is 6.58 Å². The smallest absolute Gasteiger partial charge is 0.416 e. The maximum absolute atomic E-state index is 15.1. The number of fused-ring (bicyclic) bond motifs is 3. The zero-order valence-electron chi connectivity index (χ0n) is 37.4. The number of nitro groups is 1. The largest absolute Gasteiger partial charge is 0.489 e. The predicted octanol–water partition coefficient (Wildman–Crippen LogP) is 9.40. The molecule has 0 radical (unpaired) electrons. The molecule has 4 aliphatic rings. The molecule has 4 aromatic carbocycles. The number of aliphatic hydroxyl groups is 2. The van der Waals surface area contributed by atoms with E-state index in [0.29, 0.717) is 65.5 Å². The van der Waals surface area contributed by atoms with E-state index in [1.807, 2.05) is 25.1 Å². The number of ether oxygens (including phenoxy) is 6. The Morgan fingerprint density at radius 2 is 1.72 bits per heavy atom. The number of unbranched alkanes of at least 4 members (excludes halogenated alkanes) is 2. The Morgan fingerprint density at radius 3 is 2.46 bits per heavy atom. The van der Waals surface area contributed by atoms with Crippen LogP contribution in [0.3, 0.4) is 0 Å². The number of hydrogen-bond donors (Lipinski definition) is 2. The predicted molar refractivity (Wildman–Crippen MR) is 245 cm³/mol. The summed E-state index contributed by atoms with van der Waals surface area (Å²) in [5, 5.41) is 36.2.